The fraction of sp³-hybridized carbons (Fsp3) is 0.304. The van der Waals surface area contributed by atoms with Gasteiger partial charge in [0, 0.05) is 13.1 Å². The lowest BCUT2D eigenvalue weighted by molar-refractivity contribution is -0.137. The molecule has 4 nitrogen and oxygen atoms in total. The summed E-state index contributed by atoms with van der Waals surface area (Å²) in [6.45, 7) is 3.39. The van der Waals surface area contributed by atoms with E-state index in [1.54, 1.807) is 30.3 Å². The third-order valence-corrected chi connectivity index (χ3v) is 5.65. The predicted molar refractivity (Wildman–Crippen MR) is 107 cm³/mol. The third kappa shape index (κ3) is 3.60. The molecular formula is C23H21F3N2O2. The second-order valence-electron chi connectivity index (χ2n) is 7.75. The topological polar surface area (TPSA) is 40.6 Å². The Labute approximate surface area is 172 Å². The van der Waals surface area contributed by atoms with Crippen LogP contribution >= 0.6 is 0 Å². The van der Waals surface area contributed by atoms with Crippen molar-refractivity contribution in [1.29, 1.82) is 0 Å². The molecule has 2 aromatic rings. The summed E-state index contributed by atoms with van der Waals surface area (Å²) in [5, 5.41) is 0. The van der Waals surface area contributed by atoms with Gasteiger partial charge in [-0.25, -0.2) is 4.90 Å². The molecule has 0 spiro atoms. The molecule has 0 N–H and O–H groups in total. The first-order valence-electron chi connectivity index (χ1n) is 9.88. The number of piperidine rings is 1. The van der Waals surface area contributed by atoms with Crippen LogP contribution in [0.4, 0.5) is 18.9 Å². The van der Waals surface area contributed by atoms with E-state index in [1.807, 2.05) is 4.90 Å². The number of hydrogen-bond acceptors (Lipinski definition) is 3. The van der Waals surface area contributed by atoms with Gasteiger partial charge in [-0.05, 0) is 42.5 Å². The maximum absolute atomic E-state index is 13.4. The van der Waals surface area contributed by atoms with Crippen LogP contribution < -0.4 is 4.90 Å². The standard InChI is InChI=1S/C23H21F3N2O2/c1-15-10-12-27(13-11-15)20-19(16-6-3-2-4-7-16)21(29)28(22(20)30)18-9-5-8-17(14-18)23(24,25)26/h2-9,14-15H,10-13H2,1H3. The fourth-order valence-corrected chi connectivity index (χ4v) is 3.96. The smallest absolute Gasteiger partial charge is 0.366 e. The largest absolute Gasteiger partial charge is 0.416 e. The summed E-state index contributed by atoms with van der Waals surface area (Å²) in [7, 11) is 0. The number of alkyl halides is 3. The lowest BCUT2D eigenvalue weighted by atomic mass is 9.97. The second-order valence-corrected chi connectivity index (χ2v) is 7.75. The molecule has 30 heavy (non-hydrogen) atoms. The number of benzene rings is 2. The molecule has 0 saturated carbocycles. The lowest BCUT2D eigenvalue weighted by Crippen LogP contribution is -2.38. The summed E-state index contributed by atoms with van der Waals surface area (Å²) in [5.74, 6) is -0.652. The molecule has 2 amide bonds. The molecule has 0 atom stereocenters. The van der Waals surface area contributed by atoms with Crippen LogP contribution in [0.15, 0.2) is 60.3 Å². The molecule has 2 aromatic carbocycles. The summed E-state index contributed by atoms with van der Waals surface area (Å²) >= 11 is 0. The molecule has 0 radical (unpaired) electrons. The summed E-state index contributed by atoms with van der Waals surface area (Å²) in [6, 6.07) is 13.2. The van der Waals surface area contributed by atoms with Crippen LogP contribution in [0.5, 0.6) is 0 Å². The van der Waals surface area contributed by atoms with Gasteiger partial charge in [-0.1, -0.05) is 43.3 Å². The highest BCUT2D eigenvalue weighted by molar-refractivity contribution is 6.45. The first-order valence-corrected chi connectivity index (χ1v) is 9.88. The summed E-state index contributed by atoms with van der Waals surface area (Å²) in [5.41, 5.74) is 0.123. The molecule has 1 saturated heterocycles. The van der Waals surface area contributed by atoms with Crippen molar-refractivity contribution in [3.8, 4) is 0 Å². The Balaban J connectivity index is 1.79. The number of rotatable bonds is 3. The van der Waals surface area contributed by atoms with Crippen molar-refractivity contribution in [2.24, 2.45) is 5.92 Å². The SMILES string of the molecule is CC1CCN(C2=C(c3ccccc3)C(=O)N(c3cccc(C(F)(F)F)c3)C2=O)CC1. The highest BCUT2D eigenvalue weighted by Crippen LogP contribution is 2.38. The zero-order chi connectivity index (χ0) is 21.5. The molecule has 0 aliphatic carbocycles. The van der Waals surface area contributed by atoms with Crippen molar-refractivity contribution in [1.82, 2.24) is 4.90 Å². The lowest BCUT2D eigenvalue weighted by Gasteiger charge is -2.32. The van der Waals surface area contributed by atoms with Gasteiger partial charge in [-0.2, -0.15) is 13.2 Å². The van der Waals surface area contributed by atoms with Crippen molar-refractivity contribution in [3.05, 3.63) is 71.4 Å². The third-order valence-electron chi connectivity index (χ3n) is 5.65. The summed E-state index contributed by atoms with van der Waals surface area (Å²) in [6.07, 6.45) is -2.80. The number of carbonyl (C=O) groups excluding carboxylic acids is 2. The number of likely N-dealkylation sites (tertiary alicyclic amines) is 1. The number of hydrogen-bond donors (Lipinski definition) is 0. The Kier molecular flexibility index (Phi) is 5.13. The average molecular weight is 414 g/mol. The Bertz CT molecular complexity index is 1010. The molecule has 0 bridgehead atoms. The van der Waals surface area contributed by atoms with E-state index < -0.39 is 23.6 Å². The Morgan fingerprint density at radius 1 is 0.900 bits per heavy atom. The van der Waals surface area contributed by atoms with Crippen molar-refractivity contribution in [2.45, 2.75) is 25.9 Å². The maximum atomic E-state index is 13.4. The minimum atomic E-state index is -4.57. The second kappa shape index (κ2) is 7.63. The molecule has 1 fully saturated rings. The number of halogens is 3. The van der Waals surface area contributed by atoms with E-state index >= 15 is 0 Å². The molecule has 0 aromatic heterocycles. The molecule has 7 heteroatoms. The molecule has 4 rings (SSSR count). The molecule has 2 heterocycles. The van der Waals surface area contributed by atoms with Crippen LogP contribution in [0.1, 0.15) is 30.9 Å². The molecule has 156 valence electrons. The van der Waals surface area contributed by atoms with Crippen molar-refractivity contribution < 1.29 is 22.8 Å². The van der Waals surface area contributed by atoms with Crippen LogP contribution in [0, 0.1) is 5.92 Å². The van der Waals surface area contributed by atoms with Gasteiger partial charge in [0.15, 0.2) is 0 Å². The number of nitrogens with zero attached hydrogens (tertiary/aromatic N) is 2. The monoisotopic (exact) mass is 414 g/mol. The van der Waals surface area contributed by atoms with E-state index in [4.69, 9.17) is 0 Å². The number of imide groups is 1. The highest BCUT2D eigenvalue weighted by Gasteiger charge is 2.43. The van der Waals surface area contributed by atoms with Crippen LogP contribution in [-0.2, 0) is 15.8 Å². The normalized spacial score (nSPS) is 18.5. The van der Waals surface area contributed by atoms with Gasteiger partial charge in [0.25, 0.3) is 11.8 Å². The number of anilines is 1. The minimum absolute atomic E-state index is 0.0753. The molecular weight excluding hydrogens is 393 g/mol. The van der Waals surface area contributed by atoms with E-state index in [1.165, 1.54) is 12.1 Å². The van der Waals surface area contributed by atoms with E-state index in [0.717, 1.165) is 29.9 Å². The maximum Gasteiger partial charge on any atom is 0.416 e. The quantitative estimate of drug-likeness (QED) is 0.683. The Morgan fingerprint density at radius 3 is 2.20 bits per heavy atom. The fourth-order valence-electron chi connectivity index (χ4n) is 3.96. The first kappa shape index (κ1) is 20.2. The molecule has 2 aliphatic rings. The van der Waals surface area contributed by atoms with Crippen LogP contribution in [-0.4, -0.2) is 29.8 Å². The van der Waals surface area contributed by atoms with Gasteiger partial charge >= 0.3 is 6.18 Å². The van der Waals surface area contributed by atoms with E-state index in [0.29, 0.717) is 24.6 Å². The predicted octanol–water partition coefficient (Wildman–Crippen LogP) is 4.72. The van der Waals surface area contributed by atoms with Gasteiger partial charge in [0.05, 0.1) is 16.8 Å². The van der Waals surface area contributed by atoms with Crippen molar-refractivity contribution >= 4 is 23.1 Å². The zero-order valence-corrected chi connectivity index (χ0v) is 16.4. The van der Waals surface area contributed by atoms with Gasteiger partial charge in [-0.3, -0.25) is 9.59 Å². The van der Waals surface area contributed by atoms with Gasteiger partial charge < -0.3 is 4.90 Å². The van der Waals surface area contributed by atoms with Gasteiger partial charge in [-0.15, -0.1) is 0 Å². The highest BCUT2D eigenvalue weighted by atomic mass is 19.4. The Morgan fingerprint density at radius 2 is 1.57 bits per heavy atom. The van der Waals surface area contributed by atoms with Crippen molar-refractivity contribution in [2.75, 3.05) is 18.0 Å². The van der Waals surface area contributed by atoms with Crippen molar-refractivity contribution in [3.63, 3.8) is 0 Å². The molecule has 0 unspecified atom stereocenters. The average Bonchev–Trinajstić information content (AvgIpc) is 2.99. The number of amides is 2. The van der Waals surface area contributed by atoms with Crippen LogP contribution in [0.2, 0.25) is 0 Å². The van der Waals surface area contributed by atoms with E-state index in [-0.39, 0.29) is 17.0 Å². The van der Waals surface area contributed by atoms with E-state index in [2.05, 4.69) is 6.92 Å². The Hall–Kier alpha value is -3.09. The molecule has 2 aliphatic heterocycles. The van der Waals surface area contributed by atoms with Gasteiger partial charge in [0.2, 0.25) is 0 Å². The summed E-state index contributed by atoms with van der Waals surface area (Å²) < 4.78 is 39.6. The van der Waals surface area contributed by atoms with Gasteiger partial charge in [0.1, 0.15) is 5.70 Å². The zero-order valence-electron chi connectivity index (χ0n) is 16.4. The van der Waals surface area contributed by atoms with Crippen LogP contribution in [0.3, 0.4) is 0 Å². The first-order chi connectivity index (χ1) is 14.3. The van der Waals surface area contributed by atoms with E-state index in [9.17, 15) is 22.8 Å². The van der Waals surface area contributed by atoms with Crippen LogP contribution in [0.25, 0.3) is 5.57 Å². The summed E-state index contributed by atoms with van der Waals surface area (Å²) in [4.78, 5) is 29.5. The minimum Gasteiger partial charge on any atom is -0.366 e. The number of carbonyl (C=O) groups is 2.